The van der Waals surface area contributed by atoms with Crippen molar-refractivity contribution >= 4 is 68.7 Å². The number of hydrogen-bond donors (Lipinski definition) is 2. The maximum Gasteiger partial charge on any atom is 0.157 e. The van der Waals surface area contributed by atoms with Crippen LogP contribution in [-0.4, -0.2) is 44.9 Å². The molecule has 6 heterocycles. The lowest BCUT2D eigenvalue weighted by atomic mass is 10.0. The summed E-state index contributed by atoms with van der Waals surface area (Å²) < 4.78 is 0. The van der Waals surface area contributed by atoms with E-state index in [1.165, 1.54) is 20.5 Å². The highest BCUT2D eigenvalue weighted by Crippen LogP contribution is 2.25. The van der Waals surface area contributed by atoms with E-state index in [1.807, 2.05) is 61.5 Å². The standard InChI is InChI=1S/C18H19N3S2.C14H15N3S2.C2H6/c1-2-5-15-14(4-1)13(7-8-19-15)12-16(17-6-3-10-22-17)21-18-20-9-11-23-18;1-2-6-15-11(4-1)10-12(13-5-3-8-18-13)17-14-16-7-9-19-14;1-2/h3-8,10,16H,1-2,9,11-12H2,(H,20,21);1-6,8,12H,7,9-10H2,(H,16,17);1-2H3. The Morgan fingerprint density at radius 2 is 1.36 bits per heavy atom. The molecule has 0 spiro atoms. The van der Waals surface area contributed by atoms with Crippen molar-refractivity contribution in [3.63, 3.8) is 0 Å². The number of amidine groups is 2. The Labute approximate surface area is 277 Å². The Hall–Kier alpha value is -2.92. The van der Waals surface area contributed by atoms with Gasteiger partial charge in [-0.1, -0.05) is 67.7 Å². The second kappa shape index (κ2) is 17.5. The Morgan fingerprint density at radius 1 is 0.705 bits per heavy atom. The minimum atomic E-state index is 0.263. The summed E-state index contributed by atoms with van der Waals surface area (Å²) in [7, 11) is 0. The maximum atomic E-state index is 4.56. The zero-order valence-electron chi connectivity index (χ0n) is 25.3. The van der Waals surface area contributed by atoms with Crippen molar-refractivity contribution in [1.29, 1.82) is 0 Å². The van der Waals surface area contributed by atoms with Crippen LogP contribution in [0.4, 0.5) is 0 Å². The molecule has 0 saturated carbocycles. The molecule has 4 aromatic heterocycles. The maximum absolute atomic E-state index is 4.56. The van der Waals surface area contributed by atoms with Crippen LogP contribution in [0.25, 0.3) is 12.2 Å². The normalized spacial score (nSPS) is 16.3. The topological polar surface area (TPSA) is 74.6 Å². The summed E-state index contributed by atoms with van der Waals surface area (Å²) in [5.74, 6) is 2.18. The Balaban J connectivity index is 0.000000168. The number of nitrogens with one attached hydrogen (secondary N) is 2. The van der Waals surface area contributed by atoms with E-state index in [-0.39, 0.29) is 12.1 Å². The Kier molecular flexibility index (Phi) is 12.9. The van der Waals surface area contributed by atoms with E-state index in [1.54, 1.807) is 23.1 Å². The van der Waals surface area contributed by atoms with E-state index in [2.05, 4.69) is 89.9 Å². The quantitative estimate of drug-likeness (QED) is 0.221. The number of thioether (sulfide) groups is 2. The van der Waals surface area contributed by atoms with Crippen LogP contribution in [-0.2, 0) is 12.8 Å². The fraction of sp³-hybridized carbons (Fsp3) is 0.353. The summed E-state index contributed by atoms with van der Waals surface area (Å²) in [5.41, 5.74) is 2.48. The molecule has 44 heavy (non-hydrogen) atoms. The van der Waals surface area contributed by atoms with Crippen LogP contribution in [0.5, 0.6) is 0 Å². The van der Waals surface area contributed by atoms with Gasteiger partial charge in [-0.15, -0.1) is 22.7 Å². The van der Waals surface area contributed by atoms with Crippen molar-refractivity contribution in [3.8, 4) is 0 Å². The molecular formula is C34H40N6S4. The first-order chi connectivity index (χ1) is 21.8. The number of aromatic nitrogens is 2. The highest BCUT2D eigenvalue weighted by Gasteiger charge is 2.19. The molecule has 2 N–H and O–H groups in total. The molecule has 6 nitrogen and oxygen atoms in total. The molecule has 10 heteroatoms. The Bertz CT molecular complexity index is 1600. The number of thiophene rings is 2. The predicted molar refractivity (Wildman–Crippen MR) is 195 cm³/mol. The van der Waals surface area contributed by atoms with E-state index < -0.39 is 0 Å². The first-order valence-corrected chi connectivity index (χ1v) is 19.0. The molecule has 2 atom stereocenters. The van der Waals surface area contributed by atoms with Gasteiger partial charge in [0.2, 0.25) is 0 Å². The lowest BCUT2D eigenvalue weighted by molar-refractivity contribution is 0.649. The third kappa shape index (κ3) is 9.30. The molecule has 1 aliphatic carbocycles. The molecule has 0 radical (unpaired) electrons. The van der Waals surface area contributed by atoms with Crippen molar-refractivity contribution in [2.75, 3.05) is 24.6 Å². The lowest BCUT2D eigenvalue weighted by Crippen LogP contribution is -2.35. The minimum Gasteiger partial charge on any atom is -0.357 e. The van der Waals surface area contributed by atoms with Crippen molar-refractivity contribution < 1.29 is 0 Å². The molecular weight excluding hydrogens is 621 g/mol. The van der Waals surface area contributed by atoms with E-state index in [0.717, 1.165) is 71.7 Å². The summed E-state index contributed by atoms with van der Waals surface area (Å²) in [5, 5.41) is 16.1. The van der Waals surface area contributed by atoms with E-state index >= 15 is 0 Å². The highest BCUT2D eigenvalue weighted by molar-refractivity contribution is 8.14. The van der Waals surface area contributed by atoms with Crippen LogP contribution in [0.2, 0.25) is 0 Å². The summed E-state index contributed by atoms with van der Waals surface area (Å²) in [6, 6.07) is 17.4. The van der Waals surface area contributed by atoms with E-state index in [0.29, 0.717) is 0 Å². The number of rotatable bonds is 8. The lowest BCUT2D eigenvalue weighted by Gasteiger charge is -2.19. The van der Waals surface area contributed by atoms with Gasteiger partial charge in [0.15, 0.2) is 10.3 Å². The zero-order chi connectivity index (χ0) is 30.4. The fourth-order valence-corrected chi connectivity index (χ4v) is 8.19. The summed E-state index contributed by atoms with van der Waals surface area (Å²) in [6.45, 7) is 5.85. The predicted octanol–water partition coefficient (Wildman–Crippen LogP) is 6.62. The molecule has 0 saturated heterocycles. The van der Waals surface area contributed by atoms with Gasteiger partial charge in [-0.25, -0.2) is 0 Å². The summed E-state index contributed by atoms with van der Waals surface area (Å²) in [6.07, 6.45) is 12.5. The molecule has 230 valence electrons. The SMILES string of the molecule is C1=c2nccc(CC(NC3=NCCS3)c3cccs3)c2=CCC1.CC.c1ccc(CC(NC2=NCCS2)c2cccs2)nc1. The molecule has 2 unspecified atom stereocenters. The van der Waals surface area contributed by atoms with Crippen LogP contribution in [0.1, 0.15) is 59.8 Å². The average molecular weight is 661 g/mol. The average Bonchev–Trinajstić information content (AvgIpc) is 3.91. The number of nitrogens with zero attached hydrogens (tertiary/aromatic N) is 4. The van der Waals surface area contributed by atoms with E-state index in [9.17, 15) is 0 Å². The van der Waals surface area contributed by atoms with Crippen LogP contribution >= 0.6 is 46.2 Å². The second-order valence-electron chi connectivity index (χ2n) is 9.98. The molecule has 2 aliphatic heterocycles. The van der Waals surface area contributed by atoms with Gasteiger partial charge in [0, 0.05) is 45.8 Å². The third-order valence-corrected chi connectivity index (χ3v) is 10.9. The molecule has 0 fully saturated rings. The number of fused-ring (bicyclic) bond motifs is 1. The summed E-state index contributed by atoms with van der Waals surface area (Å²) >= 11 is 7.22. The Morgan fingerprint density at radius 3 is 1.93 bits per heavy atom. The molecule has 0 aromatic carbocycles. The number of hydrogen-bond acceptors (Lipinski definition) is 10. The molecule has 7 rings (SSSR count). The van der Waals surface area contributed by atoms with Crippen LogP contribution in [0.3, 0.4) is 0 Å². The molecule has 3 aliphatic rings. The van der Waals surface area contributed by atoms with Gasteiger partial charge in [-0.05, 0) is 71.1 Å². The largest absolute Gasteiger partial charge is 0.357 e. The smallest absolute Gasteiger partial charge is 0.157 e. The van der Waals surface area contributed by atoms with Gasteiger partial charge in [0.25, 0.3) is 0 Å². The number of aliphatic imine (C=N–C) groups is 2. The monoisotopic (exact) mass is 660 g/mol. The fourth-order valence-electron chi connectivity index (χ4n) is 5.07. The van der Waals surface area contributed by atoms with Crippen molar-refractivity contribution in [3.05, 3.63) is 103 Å². The van der Waals surface area contributed by atoms with Gasteiger partial charge in [0.1, 0.15) is 0 Å². The van der Waals surface area contributed by atoms with Crippen molar-refractivity contribution in [2.24, 2.45) is 9.98 Å². The van der Waals surface area contributed by atoms with Crippen LogP contribution in [0.15, 0.2) is 81.7 Å². The second-order valence-corrected chi connectivity index (χ2v) is 14.1. The van der Waals surface area contributed by atoms with E-state index in [4.69, 9.17) is 0 Å². The zero-order valence-corrected chi connectivity index (χ0v) is 28.6. The van der Waals surface area contributed by atoms with Crippen LogP contribution < -0.4 is 21.2 Å². The van der Waals surface area contributed by atoms with Gasteiger partial charge in [-0.2, -0.15) is 0 Å². The van der Waals surface area contributed by atoms with Crippen molar-refractivity contribution in [2.45, 2.75) is 51.6 Å². The molecule has 0 amide bonds. The minimum absolute atomic E-state index is 0.263. The van der Waals surface area contributed by atoms with Gasteiger partial charge < -0.3 is 10.6 Å². The van der Waals surface area contributed by atoms with Gasteiger partial charge >= 0.3 is 0 Å². The molecule has 4 aromatic rings. The molecule has 0 bridgehead atoms. The van der Waals surface area contributed by atoms with Crippen LogP contribution in [0, 0.1) is 0 Å². The van der Waals surface area contributed by atoms with Gasteiger partial charge in [-0.3, -0.25) is 20.0 Å². The number of pyridine rings is 2. The first-order valence-electron chi connectivity index (χ1n) is 15.3. The van der Waals surface area contributed by atoms with Gasteiger partial charge in [0.05, 0.1) is 30.5 Å². The summed E-state index contributed by atoms with van der Waals surface area (Å²) in [4.78, 5) is 20.7. The third-order valence-electron chi connectivity index (χ3n) is 7.07. The first kappa shape index (κ1) is 32.5. The highest BCUT2D eigenvalue weighted by atomic mass is 32.2. The van der Waals surface area contributed by atoms with Crippen molar-refractivity contribution in [1.82, 2.24) is 20.6 Å².